The number of urea groups is 1. The second-order valence-corrected chi connectivity index (χ2v) is 5.63. The summed E-state index contributed by atoms with van der Waals surface area (Å²) in [6.45, 7) is 1.17. The molecule has 5 heteroatoms. The van der Waals surface area contributed by atoms with Gasteiger partial charge in [-0.1, -0.05) is 12.1 Å². The summed E-state index contributed by atoms with van der Waals surface area (Å²) in [5.41, 5.74) is 2.40. The summed E-state index contributed by atoms with van der Waals surface area (Å²) in [6, 6.07) is 3.76. The van der Waals surface area contributed by atoms with Gasteiger partial charge >= 0.3 is 6.03 Å². The highest BCUT2D eigenvalue weighted by Crippen LogP contribution is 2.37. The van der Waals surface area contributed by atoms with E-state index < -0.39 is 0 Å². The van der Waals surface area contributed by atoms with Crippen LogP contribution in [-0.2, 0) is 6.54 Å². The summed E-state index contributed by atoms with van der Waals surface area (Å²) in [5, 5.41) is 2.91. The van der Waals surface area contributed by atoms with Gasteiger partial charge in [0.15, 0.2) is 0 Å². The Balaban J connectivity index is 1.58. The van der Waals surface area contributed by atoms with Gasteiger partial charge < -0.3 is 5.32 Å². The minimum absolute atomic E-state index is 0.0563. The molecule has 3 heterocycles. The average molecular weight is 273 g/mol. The fourth-order valence-corrected chi connectivity index (χ4v) is 3.25. The van der Waals surface area contributed by atoms with Crippen molar-refractivity contribution in [2.75, 3.05) is 12.3 Å². The smallest absolute Gasteiger partial charge is 0.322 e. The summed E-state index contributed by atoms with van der Waals surface area (Å²) in [4.78, 5) is 19.1. The largest absolute Gasteiger partial charge is 0.334 e. The van der Waals surface area contributed by atoms with Crippen LogP contribution in [-0.4, -0.2) is 28.2 Å². The van der Waals surface area contributed by atoms with Crippen LogP contribution in [0.5, 0.6) is 0 Å². The number of pyridine rings is 1. The van der Waals surface area contributed by atoms with Crippen LogP contribution in [0.25, 0.3) is 0 Å². The van der Waals surface area contributed by atoms with E-state index in [0.29, 0.717) is 13.1 Å². The Morgan fingerprint density at radius 2 is 2.47 bits per heavy atom. The van der Waals surface area contributed by atoms with Crippen LogP contribution in [0.1, 0.15) is 12.0 Å². The van der Waals surface area contributed by atoms with Crippen molar-refractivity contribution in [2.45, 2.75) is 13.0 Å². The van der Waals surface area contributed by atoms with Gasteiger partial charge in [0.2, 0.25) is 0 Å². The number of thioether (sulfide) groups is 1. The van der Waals surface area contributed by atoms with Gasteiger partial charge in [0.25, 0.3) is 0 Å². The molecular weight excluding hydrogens is 258 g/mol. The highest BCUT2D eigenvalue weighted by molar-refractivity contribution is 8.03. The highest BCUT2D eigenvalue weighted by Gasteiger charge is 2.21. The summed E-state index contributed by atoms with van der Waals surface area (Å²) in [5.74, 6) is 1.13. The molecule has 0 aromatic carbocycles. The van der Waals surface area contributed by atoms with E-state index in [1.165, 1.54) is 10.5 Å². The molecule has 1 N–H and O–H groups in total. The van der Waals surface area contributed by atoms with Crippen LogP contribution >= 0.6 is 11.8 Å². The molecule has 1 fully saturated rings. The molecule has 0 aliphatic carbocycles. The second kappa shape index (κ2) is 5.48. The third-order valence-corrected chi connectivity index (χ3v) is 4.27. The maximum atomic E-state index is 12.1. The van der Waals surface area contributed by atoms with Crippen molar-refractivity contribution in [3.05, 3.63) is 52.8 Å². The number of amides is 2. The third-order valence-electron chi connectivity index (χ3n) is 3.18. The maximum Gasteiger partial charge on any atom is 0.322 e. The first-order chi connectivity index (χ1) is 9.33. The van der Waals surface area contributed by atoms with E-state index in [0.717, 1.165) is 17.7 Å². The van der Waals surface area contributed by atoms with Gasteiger partial charge in [-0.15, -0.1) is 11.8 Å². The predicted molar refractivity (Wildman–Crippen MR) is 76.4 cm³/mol. The molecular formula is C14H15N3OS. The summed E-state index contributed by atoms with van der Waals surface area (Å²) in [6.07, 6.45) is 8.73. The lowest BCUT2D eigenvalue weighted by Gasteiger charge is -2.22. The van der Waals surface area contributed by atoms with Crippen LogP contribution in [0.3, 0.4) is 0 Å². The number of carbonyl (C=O) groups excluding carboxylic acids is 1. The Bertz CT molecular complexity index is 539. The number of hydrogen-bond donors (Lipinski definition) is 1. The first kappa shape index (κ1) is 12.3. The second-order valence-electron chi connectivity index (χ2n) is 4.49. The zero-order chi connectivity index (χ0) is 13.1. The predicted octanol–water partition coefficient (Wildman–Crippen LogP) is 2.51. The van der Waals surface area contributed by atoms with Crippen LogP contribution in [0.2, 0.25) is 0 Å². The minimum atomic E-state index is -0.0563. The van der Waals surface area contributed by atoms with E-state index in [2.05, 4.69) is 16.4 Å². The first-order valence-corrected chi connectivity index (χ1v) is 7.29. The van der Waals surface area contributed by atoms with Gasteiger partial charge in [-0.25, -0.2) is 4.79 Å². The highest BCUT2D eigenvalue weighted by atomic mass is 32.2. The lowest BCUT2D eigenvalue weighted by molar-refractivity contribution is 0.218. The van der Waals surface area contributed by atoms with Gasteiger partial charge in [0, 0.05) is 42.3 Å². The van der Waals surface area contributed by atoms with Gasteiger partial charge in [-0.3, -0.25) is 9.88 Å². The van der Waals surface area contributed by atoms with Crippen molar-refractivity contribution >= 4 is 17.8 Å². The lowest BCUT2D eigenvalue weighted by atomic mass is 10.1. The van der Waals surface area contributed by atoms with E-state index in [1.807, 2.05) is 30.1 Å². The number of nitrogens with one attached hydrogen (secondary N) is 1. The Morgan fingerprint density at radius 3 is 3.32 bits per heavy atom. The molecule has 3 rings (SSSR count). The number of allylic oxidation sites excluding steroid dienone is 1. The van der Waals surface area contributed by atoms with Crippen molar-refractivity contribution in [3.63, 3.8) is 0 Å². The van der Waals surface area contributed by atoms with Crippen molar-refractivity contribution in [1.29, 1.82) is 0 Å². The molecule has 0 spiro atoms. The fraction of sp³-hybridized carbons (Fsp3) is 0.286. The van der Waals surface area contributed by atoms with E-state index >= 15 is 0 Å². The van der Waals surface area contributed by atoms with E-state index in [-0.39, 0.29) is 6.03 Å². The molecule has 2 aliphatic rings. The molecule has 1 saturated heterocycles. The molecule has 0 radical (unpaired) electrons. The number of fused-ring (bicyclic) bond motifs is 1. The molecule has 19 heavy (non-hydrogen) atoms. The quantitative estimate of drug-likeness (QED) is 0.900. The van der Waals surface area contributed by atoms with E-state index in [9.17, 15) is 4.79 Å². The Hall–Kier alpha value is -1.75. The average Bonchev–Trinajstić information content (AvgIpc) is 2.93. The maximum absolute atomic E-state index is 12.1. The molecule has 0 unspecified atom stereocenters. The normalized spacial score (nSPS) is 17.6. The molecule has 1 aromatic rings. The van der Waals surface area contributed by atoms with Crippen molar-refractivity contribution in [2.24, 2.45) is 0 Å². The Kier molecular flexibility index (Phi) is 3.55. The molecule has 2 amide bonds. The Labute approximate surface area is 116 Å². The van der Waals surface area contributed by atoms with Crippen LogP contribution < -0.4 is 5.32 Å². The van der Waals surface area contributed by atoms with Gasteiger partial charge in [0.05, 0.1) is 0 Å². The molecule has 98 valence electrons. The minimum Gasteiger partial charge on any atom is -0.334 e. The summed E-state index contributed by atoms with van der Waals surface area (Å²) < 4.78 is 0. The van der Waals surface area contributed by atoms with Crippen LogP contribution in [0.15, 0.2) is 47.3 Å². The molecule has 0 atom stereocenters. The number of rotatable bonds is 2. The molecule has 0 saturated carbocycles. The monoisotopic (exact) mass is 273 g/mol. The molecule has 2 aliphatic heterocycles. The number of aromatic nitrogens is 1. The lowest BCUT2D eigenvalue weighted by Crippen LogP contribution is -2.37. The Morgan fingerprint density at radius 1 is 1.53 bits per heavy atom. The van der Waals surface area contributed by atoms with Gasteiger partial charge in [-0.05, 0) is 23.6 Å². The molecule has 0 bridgehead atoms. The number of nitrogens with zero attached hydrogens (tertiary/aromatic N) is 2. The van der Waals surface area contributed by atoms with Crippen molar-refractivity contribution in [1.82, 2.24) is 15.2 Å². The van der Waals surface area contributed by atoms with Crippen LogP contribution in [0, 0.1) is 0 Å². The zero-order valence-corrected chi connectivity index (χ0v) is 11.3. The number of carbonyl (C=O) groups is 1. The topological polar surface area (TPSA) is 45.2 Å². The molecule has 4 nitrogen and oxygen atoms in total. The van der Waals surface area contributed by atoms with Gasteiger partial charge in [-0.2, -0.15) is 0 Å². The summed E-state index contributed by atoms with van der Waals surface area (Å²) in [7, 11) is 0. The van der Waals surface area contributed by atoms with E-state index in [4.69, 9.17) is 0 Å². The third kappa shape index (κ3) is 2.81. The first-order valence-electron chi connectivity index (χ1n) is 6.30. The zero-order valence-electron chi connectivity index (χ0n) is 10.5. The fourth-order valence-electron chi connectivity index (χ4n) is 2.14. The van der Waals surface area contributed by atoms with Crippen molar-refractivity contribution < 1.29 is 4.79 Å². The SMILES string of the molecule is O=C(NCc1cccnc1)N1C=C2SCCC2=CC1. The van der Waals surface area contributed by atoms with E-state index in [1.54, 1.807) is 17.3 Å². The number of hydrogen-bond acceptors (Lipinski definition) is 3. The molecule has 1 aromatic heterocycles. The standard InChI is InChI=1S/C14H15N3OS/c18-14(16-9-11-2-1-5-15-8-11)17-6-3-12-4-7-19-13(12)10-17/h1-3,5,8,10H,4,6-7,9H2,(H,16,18). The van der Waals surface area contributed by atoms with Gasteiger partial charge in [0.1, 0.15) is 0 Å². The van der Waals surface area contributed by atoms with Crippen molar-refractivity contribution in [3.8, 4) is 0 Å². The summed E-state index contributed by atoms with van der Waals surface area (Å²) >= 11 is 1.82. The van der Waals surface area contributed by atoms with Crippen LogP contribution in [0.4, 0.5) is 4.79 Å².